The van der Waals surface area contributed by atoms with Gasteiger partial charge in [-0.25, -0.2) is 4.39 Å². The molecule has 19 heavy (non-hydrogen) atoms. The first-order chi connectivity index (χ1) is 9.17. The summed E-state index contributed by atoms with van der Waals surface area (Å²) in [5.74, 6) is 1.14. The molecule has 1 aromatic carbocycles. The zero-order valence-corrected chi connectivity index (χ0v) is 12.8. The van der Waals surface area contributed by atoms with Gasteiger partial charge in [0.15, 0.2) is 5.16 Å². The number of halogens is 2. The molecule has 0 aliphatic rings. The normalized spacial score (nSPS) is 10.9. The molecule has 0 saturated heterocycles. The Labute approximate surface area is 123 Å². The van der Waals surface area contributed by atoms with Gasteiger partial charge >= 0.3 is 0 Å². The van der Waals surface area contributed by atoms with Gasteiger partial charge in [0.25, 0.3) is 0 Å². The molecule has 0 spiro atoms. The highest BCUT2D eigenvalue weighted by Gasteiger charge is 2.11. The molecule has 0 saturated carbocycles. The van der Waals surface area contributed by atoms with Crippen molar-refractivity contribution in [2.75, 3.05) is 0 Å². The molecule has 2 N–H and O–H groups in total. The van der Waals surface area contributed by atoms with Crippen molar-refractivity contribution in [1.82, 2.24) is 14.8 Å². The molecule has 0 unspecified atom stereocenters. The van der Waals surface area contributed by atoms with Gasteiger partial charge in [-0.1, -0.05) is 23.9 Å². The predicted molar refractivity (Wildman–Crippen MR) is 77.2 cm³/mol. The second-order valence-corrected chi connectivity index (χ2v) is 5.58. The van der Waals surface area contributed by atoms with Gasteiger partial charge in [-0.15, -0.1) is 10.2 Å². The molecular weight excluding hydrogens is 331 g/mol. The highest BCUT2D eigenvalue weighted by atomic mass is 79.9. The van der Waals surface area contributed by atoms with Crippen LogP contribution in [0.1, 0.15) is 18.3 Å². The maximum absolute atomic E-state index is 13.4. The fourth-order valence-corrected chi connectivity index (χ4v) is 3.30. The van der Waals surface area contributed by atoms with Gasteiger partial charge in [0, 0.05) is 12.3 Å². The number of thioether (sulfide) groups is 1. The molecule has 7 heteroatoms. The summed E-state index contributed by atoms with van der Waals surface area (Å²) >= 11 is 4.78. The smallest absolute Gasteiger partial charge is 0.191 e. The van der Waals surface area contributed by atoms with Crippen LogP contribution in [0.5, 0.6) is 0 Å². The summed E-state index contributed by atoms with van der Waals surface area (Å²) in [6.07, 6.45) is 0. The van der Waals surface area contributed by atoms with E-state index in [0.717, 1.165) is 23.1 Å². The fourth-order valence-electron chi connectivity index (χ4n) is 1.70. The number of aromatic nitrogens is 3. The predicted octanol–water partition coefficient (Wildman–Crippen LogP) is 2.95. The zero-order valence-electron chi connectivity index (χ0n) is 10.4. The Bertz CT molecular complexity index is 573. The van der Waals surface area contributed by atoms with Crippen LogP contribution in [0.3, 0.4) is 0 Å². The molecule has 0 atom stereocenters. The molecule has 0 aliphatic heterocycles. The standard InChI is InChI=1S/C12H14BrFN4S/c1-2-18-10(6-15)16-17-12(18)19-7-8-4-3-5-9(14)11(8)13/h3-5H,2,6-7,15H2,1H3. The molecule has 0 bridgehead atoms. The molecule has 2 aromatic rings. The van der Waals surface area contributed by atoms with Gasteiger partial charge < -0.3 is 10.3 Å². The first-order valence-electron chi connectivity index (χ1n) is 5.85. The third-order valence-electron chi connectivity index (χ3n) is 2.68. The van der Waals surface area contributed by atoms with Gasteiger partial charge in [-0.2, -0.15) is 0 Å². The van der Waals surface area contributed by atoms with E-state index in [1.54, 1.807) is 6.07 Å². The summed E-state index contributed by atoms with van der Waals surface area (Å²) in [5.41, 5.74) is 6.49. The number of hydrogen-bond acceptors (Lipinski definition) is 4. The van der Waals surface area contributed by atoms with Crippen LogP contribution in [0.2, 0.25) is 0 Å². The van der Waals surface area contributed by atoms with Crippen LogP contribution in [0.4, 0.5) is 4.39 Å². The van der Waals surface area contributed by atoms with Crippen LogP contribution in [0.25, 0.3) is 0 Å². The van der Waals surface area contributed by atoms with Crippen molar-refractivity contribution in [3.05, 3.63) is 39.9 Å². The van der Waals surface area contributed by atoms with E-state index < -0.39 is 0 Å². The van der Waals surface area contributed by atoms with Crippen LogP contribution >= 0.6 is 27.7 Å². The Kier molecular flexibility index (Phi) is 4.95. The van der Waals surface area contributed by atoms with Crippen molar-refractivity contribution in [3.8, 4) is 0 Å². The largest absolute Gasteiger partial charge is 0.324 e. The molecule has 0 radical (unpaired) electrons. The average molecular weight is 345 g/mol. The van der Waals surface area contributed by atoms with Crippen molar-refractivity contribution < 1.29 is 4.39 Å². The van der Waals surface area contributed by atoms with Crippen molar-refractivity contribution >= 4 is 27.7 Å². The molecule has 0 aliphatic carbocycles. The van der Waals surface area contributed by atoms with E-state index in [4.69, 9.17) is 5.73 Å². The summed E-state index contributed by atoms with van der Waals surface area (Å²) < 4.78 is 15.9. The molecule has 0 fully saturated rings. The van der Waals surface area contributed by atoms with Gasteiger partial charge in [-0.3, -0.25) is 0 Å². The van der Waals surface area contributed by atoms with Gasteiger partial charge in [0.1, 0.15) is 11.6 Å². The van der Waals surface area contributed by atoms with Crippen molar-refractivity contribution in [2.24, 2.45) is 5.73 Å². The zero-order chi connectivity index (χ0) is 13.8. The lowest BCUT2D eigenvalue weighted by Gasteiger charge is -2.07. The molecule has 4 nitrogen and oxygen atoms in total. The number of hydrogen-bond donors (Lipinski definition) is 1. The van der Waals surface area contributed by atoms with E-state index in [-0.39, 0.29) is 5.82 Å². The lowest BCUT2D eigenvalue weighted by Crippen LogP contribution is -2.08. The third kappa shape index (κ3) is 3.16. The Morgan fingerprint density at radius 3 is 2.89 bits per heavy atom. The molecule has 2 rings (SSSR count). The highest BCUT2D eigenvalue weighted by Crippen LogP contribution is 2.27. The van der Waals surface area contributed by atoms with E-state index in [9.17, 15) is 4.39 Å². The maximum atomic E-state index is 13.4. The molecular formula is C12H14BrFN4S. The lowest BCUT2D eigenvalue weighted by molar-refractivity contribution is 0.619. The number of nitrogens with zero attached hydrogens (tertiary/aromatic N) is 3. The Morgan fingerprint density at radius 1 is 1.42 bits per heavy atom. The first-order valence-corrected chi connectivity index (χ1v) is 7.63. The van der Waals surface area contributed by atoms with Crippen LogP contribution in [0.15, 0.2) is 27.8 Å². The fraction of sp³-hybridized carbons (Fsp3) is 0.333. The minimum Gasteiger partial charge on any atom is -0.324 e. The quantitative estimate of drug-likeness (QED) is 0.847. The van der Waals surface area contributed by atoms with E-state index in [1.165, 1.54) is 17.8 Å². The minimum atomic E-state index is -0.252. The molecule has 102 valence electrons. The van der Waals surface area contributed by atoms with Crippen LogP contribution in [0, 0.1) is 5.82 Å². The van der Waals surface area contributed by atoms with Crippen LogP contribution in [-0.2, 0) is 18.8 Å². The lowest BCUT2D eigenvalue weighted by atomic mass is 10.2. The van der Waals surface area contributed by atoms with Crippen molar-refractivity contribution in [3.63, 3.8) is 0 Å². The number of rotatable bonds is 5. The number of benzene rings is 1. The van der Waals surface area contributed by atoms with E-state index in [1.807, 2.05) is 17.6 Å². The SMILES string of the molecule is CCn1c(CN)nnc1SCc1cccc(F)c1Br. The second-order valence-electron chi connectivity index (χ2n) is 3.85. The summed E-state index contributed by atoms with van der Waals surface area (Å²) in [5, 5.41) is 8.96. The van der Waals surface area contributed by atoms with Crippen LogP contribution in [-0.4, -0.2) is 14.8 Å². The Morgan fingerprint density at radius 2 is 2.21 bits per heavy atom. The summed E-state index contributed by atoms with van der Waals surface area (Å²) in [7, 11) is 0. The Balaban J connectivity index is 2.14. The summed E-state index contributed by atoms with van der Waals surface area (Å²) in [6, 6.07) is 5.02. The van der Waals surface area contributed by atoms with E-state index >= 15 is 0 Å². The van der Waals surface area contributed by atoms with Crippen molar-refractivity contribution in [1.29, 1.82) is 0 Å². The number of nitrogens with two attached hydrogens (primary N) is 1. The summed E-state index contributed by atoms with van der Waals surface area (Å²) in [6.45, 7) is 3.15. The summed E-state index contributed by atoms with van der Waals surface area (Å²) in [4.78, 5) is 0. The van der Waals surface area contributed by atoms with E-state index in [0.29, 0.717) is 16.8 Å². The van der Waals surface area contributed by atoms with Gasteiger partial charge in [-0.05, 0) is 34.5 Å². The Hall–Kier alpha value is -0.920. The van der Waals surface area contributed by atoms with Crippen molar-refractivity contribution in [2.45, 2.75) is 30.9 Å². The first kappa shape index (κ1) is 14.5. The van der Waals surface area contributed by atoms with E-state index in [2.05, 4.69) is 26.1 Å². The van der Waals surface area contributed by atoms with Crippen LogP contribution < -0.4 is 5.73 Å². The molecule has 0 amide bonds. The molecule has 1 heterocycles. The van der Waals surface area contributed by atoms with Gasteiger partial charge in [0.05, 0.1) is 11.0 Å². The third-order valence-corrected chi connectivity index (χ3v) is 4.58. The molecule has 1 aromatic heterocycles. The minimum absolute atomic E-state index is 0.252. The topological polar surface area (TPSA) is 56.7 Å². The second kappa shape index (κ2) is 6.49. The monoisotopic (exact) mass is 344 g/mol. The average Bonchev–Trinajstić information content (AvgIpc) is 2.82. The maximum Gasteiger partial charge on any atom is 0.191 e. The van der Waals surface area contributed by atoms with Gasteiger partial charge in [0.2, 0.25) is 0 Å². The highest BCUT2D eigenvalue weighted by molar-refractivity contribution is 9.10.